The zero-order chi connectivity index (χ0) is 19.8. The third-order valence-corrected chi connectivity index (χ3v) is 6.83. The first-order valence-electron chi connectivity index (χ1n) is 10.7. The molecular weight excluding hydrogens is 360 g/mol. The van der Waals surface area contributed by atoms with Gasteiger partial charge in [-0.05, 0) is 67.3 Å². The van der Waals surface area contributed by atoms with E-state index in [9.17, 15) is 4.79 Å². The molecule has 0 bridgehead atoms. The molecule has 29 heavy (non-hydrogen) atoms. The van der Waals surface area contributed by atoms with Gasteiger partial charge in [-0.1, -0.05) is 30.3 Å². The number of rotatable bonds is 5. The molecule has 1 saturated carbocycles. The molecular formula is C25H28N2O2. The molecule has 1 N–H and O–H groups in total. The number of likely N-dealkylation sites (tertiary alicyclic amines) is 1. The van der Waals surface area contributed by atoms with Crippen molar-refractivity contribution in [3.05, 3.63) is 65.9 Å². The van der Waals surface area contributed by atoms with Crippen molar-refractivity contribution in [1.82, 2.24) is 9.88 Å². The quantitative estimate of drug-likeness (QED) is 0.689. The number of piperidine rings is 1. The largest absolute Gasteiger partial charge is 0.497 e. The highest BCUT2D eigenvalue weighted by Crippen LogP contribution is 2.52. The van der Waals surface area contributed by atoms with Gasteiger partial charge in [-0.2, -0.15) is 0 Å². The number of H-pyrrole nitrogens is 1. The van der Waals surface area contributed by atoms with E-state index in [0.717, 1.165) is 67.4 Å². The lowest BCUT2D eigenvalue weighted by Gasteiger charge is -2.34. The minimum Gasteiger partial charge on any atom is -0.497 e. The maximum absolute atomic E-state index is 13.5. The van der Waals surface area contributed by atoms with E-state index in [4.69, 9.17) is 4.74 Å². The minimum absolute atomic E-state index is 0.319. The van der Waals surface area contributed by atoms with E-state index in [-0.39, 0.29) is 5.41 Å². The number of benzene rings is 2. The van der Waals surface area contributed by atoms with Crippen molar-refractivity contribution in [2.75, 3.05) is 20.2 Å². The fraction of sp³-hybridized carbons (Fsp3) is 0.400. The van der Waals surface area contributed by atoms with Crippen LogP contribution in [0.2, 0.25) is 0 Å². The van der Waals surface area contributed by atoms with Gasteiger partial charge in [0.05, 0.1) is 12.5 Å². The second-order valence-electron chi connectivity index (χ2n) is 8.62. The molecule has 0 unspecified atom stereocenters. The Bertz CT molecular complexity index is 1010. The highest BCUT2D eigenvalue weighted by molar-refractivity contribution is 5.98. The van der Waals surface area contributed by atoms with Crippen molar-refractivity contribution in [1.29, 1.82) is 0 Å². The number of fused-ring (bicyclic) bond motifs is 1. The average molecular weight is 389 g/mol. The first-order chi connectivity index (χ1) is 14.2. The van der Waals surface area contributed by atoms with Crippen LogP contribution >= 0.6 is 0 Å². The first-order valence-corrected chi connectivity index (χ1v) is 10.7. The lowest BCUT2D eigenvalue weighted by atomic mass is 9.88. The number of carbonyl (C=O) groups excluding carboxylic acids is 1. The van der Waals surface area contributed by atoms with E-state index in [1.54, 1.807) is 7.11 Å². The maximum Gasteiger partial charge on any atom is 0.233 e. The van der Waals surface area contributed by atoms with E-state index >= 15 is 0 Å². The molecule has 0 atom stereocenters. The molecule has 2 aromatic carbocycles. The first kappa shape index (κ1) is 18.3. The number of amides is 1. The molecule has 2 heterocycles. The van der Waals surface area contributed by atoms with Gasteiger partial charge in [-0.3, -0.25) is 4.79 Å². The molecule has 3 aromatic rings. The number of carbonyl (C=O) groups is 1. The molecule has 0 radical (unpaired) electrons. The van der Waals surface area contributed by atoms with Crippen LogP contribution in [0, 0.1) is 5.92 Å². The van der Waals surface area contributed by atoms with E-state index in [1.165, 1.54) is 5.56 Å². The Labute approximate surface area is 171 Å². The summed E-state index contributed by atoms with van der Waals surface area (Å²) in [4.78, 5) is 19.0. The predicted molar refractivity (Wildman–Crippen MR) is 115 cm³/mol. The van der Waals surface area contributed by atoms with Gasteiger partial charge in [-0.25, -0.2) is 0 Å². The average Bonchev–Trinajstić information content (AvgIpc) is 3.47. The van der Waals surface area contributed by atoms with Crippen molar-refractivity contribution < 1.29 is 9.53 Å². The van der Waals surface area contributed by atoms with Crippen LogP contribution < -0.4 is 4.74 Å². The smallest absolute Gasteiger partial charge is 0.233 e. The van der Waals surface area contributed by atoms with Crippen LogP contribution in [0.4, 0.5) is 0 Å². The topological polar surface area (TPSA) is 45.3 Å². The van der Waals surface area contributed by atoms with Crippen molar-refractivity contribution >= 4 is 16.8 Å². The molecule has 4 nitrogen and oxygen atoms in total. The highest BCUT2D eigenvalue weighted by Gasteiger charge is 2.54. The number of aromatic amines is 1. The van der Waals surface area contributed by atoms with Gasteiger partial charge in [0.25, 0.3) is 0 Å². The molecule has 1 amide bonds. The SMILES string of the molecule is COc1ccc2[nH]cc(C3(C(=O)N4CCC(Cc5ccccc5)CC4)CC3)c2c1. The summed E-state index contributed by atoms with van der Waals surface area (Å²) >= 11 is 0. The fourth-order valence-electron chi connectivity index (χ4n) is 4.94. The van der Waals surface area contributed by atoms with Crippen LogP contribution in [0.15, 0.2) is 54.7 Å². The molecule has 1 saturated heterocycles. The van der Waals surface area contributed by atoms with Crippen molar-refractivity contribution in [2.24, 2.45) is 5.92 Å². The van der Waals surface area contributed by atoms with Crippen molar-refractivity contribution in [3.63, 3.8) is 0 Å². The van der Waals surface area contributed by atoms with Crippen molar-refractivity contribution in [3.8, 4) is 5.75 Å². The monoisotopic (exact) mass is 388 g/mol. The van der Waals surface area contributed by atoms with E-state index in [2.05, 4.69) is 46.3 Å². The Kier molecular flexibility index (Phi) is 4.57. The molecule has 4 heteroatoms. The van der Waals surface area contributed by atoms with E-state index < -0.39 is 0 Å². The van der Waals surface area contributed by atoms with Gasteiger partial charge >= 0.3 is 0 Å². The molecule has 0 spiro atoms. The normalized spacial score (nSPS) is 18.7. The summed E-state index contributed by atoms with van der Waals surface area (Å²) in [6.07, 6.45) is 7.24. The van der Waals surface area contributed by atoms with Crippen LogP contribution in [0.1, 0.15) is 36.8 Å². The second-order valence-corrected chi connectivity index (χ2v) is 8.62. The predicted octanol–water partition coefficient (Wildman–Crippen LogP) is 4.69. The summed E-state index contributed by atoms with van der Waals surface area (Å²) in [5, 5.41) is 1.12. The number of nitrogens with zero attached hydrogens (tertiary/aromatic N) is 1. The summed E-state index contributed by atoms with van der Waals surface area (Å²) < 4.78 is 5.41. The second kappa shape index (κ2) is 7.25. The van der Waals surface area contributed by atoms with Gasteiger partial charge in [-0.15, -0.1) is 0 Å². The molecule has 1 aliphatic carbocycles. The van der Waals surface area contributed by atoms with Crippen molar-refractivity contribution in [2.45, 2.75) is 37.5 Å². The number of hydrogen-bond donors (Lipinski definition) is 1. The van der Waals surface area contributed by atoms with E-state index in [1.807, 2.05) is 18.3 Å². The molecule has 2 fully saturated rings. The third-order valence-electron chi connectivity index (χ3n) is 6.83. The van der Waals surface area contributed by atoms with Gasteiger partial charge in [0.15, 0.2) is 0 Å². The standard InChI is InChI=1S/C25H28N2O2/c1-29-20-7-8-23-21(16-20)22(17-26-23)25(11-12-25)24(28)27-13-9-19(10-14-27)15-18-5-3-2-4-6-18/h2-8,16-17,19,26H,9-15H2,1H3. The Morgan fingerprint density at radius 3 is 2.59 bits per heavy atom. The zero-order valence-electron chi connectivity index (χ0n) is 17.0. The lowest BCUT2D eigenvalue weighted by Crippen LogP contribution is -2.44. The third kappa shape index (κ3) is 3.31. The van der Waals surface area contributed by atoms with Gasteiger partial charge in [0.2, 0.25) is 5.91 Å². The summed E-state index contributed by atoms with van der Waals surface area (Å²) in [5.41, 5.74) is 3.28. The molecule has 1 aliphatic heterocycles. The Morgan fingerprint density at radius 1 is 1.14 bits per heavy atom. The summed E-state index contributed by atoms with van der Waals surface area (Å²) in [6.45, 7) is 1.76. The molecule has 2 aliphatic rings. The van der Waals surface area contributed by atoms with Crippen LogP contribution in [-0.2, 0) is 16.6 Å². The summed E-state index contributed by atoms with van der Waals surface area (Å²) in [5.74, 6) is 1.83. The van der Waals surface area contributed by atoms with Crippen LogP contribution in [0.25, 0.3) is 10.9 Å². The van der Waals surface area contributed by atoms with E-state index in [0.29, 0.717) is 11.8 Å². The molecule has 1 aromatic heterocycles. The number of nitrogens with one attached hydrogen (secondary N) is 1. The summed E-state index contributed by atoms with van der Waals surface area (Å²) in [7, 11) is 1.69. The maximum atomic E-state index is 13.5. The zero-order valence-corrected chi connectivity index (χ0v) is 17.0. The Hall–Kier alpha value is -2.75. The highest BCUT2D eigenvalue weighted by atomic mass is 16.5. The van der Waals surface area contributed by atoms with Gasteiger partial charge in [0, 0.05) is 30.2 Å². The number of methoxy groups -OCH3 is 1. The van der Waals surface area contributed by atoms with Gasteiger partial charge in [0.1, 0.15) is 5.75 Å². The number of aromatic nitrogens is 1. The summed E-state index contributed by atoms with van der Waals surface area (Å²) in [6, 6.07) is 16.8. The van der Waals surface area contributed by atoms with Crippen LogP contribution in [0.3, 0.4) is 0 Å². The number of hydrogen-bond acceptors (Lipinski definition) is 2. The van der Waals surface area contributed by atoms with Gasteiger partial charge < -0.3 is 14.6 Å². The Balaban J connectivity index is 1.30. The number of ether oxygens (including phenoxy) is 1. The Morgan fingerprint density at radius 2 is 1.90 bits per heavy atom. The molecule has 5 rings (SSSR count). The molecule has 150 valence electrons. The van der Waals surface area contributed by atoms with Crippen LogP contribution in [-0.4, -0.2) is 36.0 Å². The fourth-order valence-corrected chi connectivity index (χ4v) is 4.94. The van der Waals surface area contributed by atoms with Crippen LogP contribution in [0.5, 0.6) is 5.75 Å². The lowest BCUT2D eigenvalue weighted by molar-refractivity contribution is -0.135. The minimum atomic E-state index is -0.336.